The van der Waals surface area contributed by atoms with Crippen molar-refractivity contribution < 1.29 is 18.7 Å². The van der Waals surface area contributed by atoms with Crippen LogP contribution >= 0.6 is 11.8 Å². The molecular formula is C19H21F2NO2S. The number of halogens is 2. The molecule has 0 aromatic heterocycles. The summed E-state index contributed by atoms with van der Waals surface area (Å²) in [5, 5.41) is 11.9. The van der Waals surface area contributed by atoms with Gasteiger partial charge in [0, 0.05) is 24.2 Å². The van der Waals surface area contributed by atoms with Crippen LogP contribution in [0.5, 0.6) is 0 Å². The summed E-state index contributed by atoms with van der Waals surface area (Å²) in [6.07, 6.45) is 1.30. The smallest absolute Gasteiger partial charge is 0.303 e. The van der Waals surface area contributed by atoms with Gasteiger partial charge in [-0.3, -0.25) is 4.79 Å². The Labute approximate surface area is 150 Å². The fraction of sp³-hybridized carbons (Fsp3) is 0.316. The number of thioether (sulfide) groups is 1. The maximum Gasteiger partial charge on any atom is 0.303 e. The van der Waals surface area contributed by atoms with Gasteiger partial charge in [0.2, 0.25) is 0 Å². The molecule has 0 atom stereocenters. The third kappa shape index (κ3) is 5.46. The summed E-state index contributed by atoms with van der Waals surface area (Å²) in [5.74, 6) is -1.80. The Balaban J connectivity index is 2.20. The molecule has 3 nitrogen and oxygen atoms in total. The van der Waals surface area contributed by atoms with Gasteiger partial charge in [-0.25, -0.2) is 8.78 Å². The molecule has 0 spiro atoms. The molecule has 134 valence electrons. The van der Waals surface area contributed by atoms with Gasteiger partial charge in [-0.15, -0.1) is 11.8 Å². The lowest BCUT2D eigenvalue weighted by atomic mass is 10.0. The quantitative estimate of drug-likeness (QED) is 0.461. The average Bonchev–Trinajstić information content (AvgIpc) is 2.58. The molecule has 0 aliphatic carbocycles. The number of nitrogens with one attached hydrogen (secondary N) is 1. The second kappa shape index (κ2) is 9.42. The predicted octanol–water partition coefficient (Wildman–Crippen LogP) is 5.41. The lowest BCUT2D eigenvalue weighted by Gasteiger charge is -2.13. The number of hydrogen-bond acceptors (Lipinski definition) is 3. The second-order valence-electron chi connectivity index (χ2n) is 5.59. The SMILES string of the molecule is CCCNc1ccccc1-c1cc(F)c(SCCCC(=O)O)c(F)c1. The van der Waals surface area contributed by atoms with Crippen LogP contribution in [0.3, 0.4) is 0 Å². The third-order valence-corrected chi connectivity index (χ3v) is 4.75. The Morgan fingerprint density at radius 3 is 2.52 bits per heavy atom. The number of rotatable bonds is 9. The van der Waals surface area contributed by atoms with Crippen molar-refractivity contribution in [1.82, 2.24) is 0 Å². The van der Waals surface area contributed by atoms with E-state index < -0.39 is 17.6 Å². The molecule has 0 bridgehead atoms. The molecule has 0 radical (unpaired) electrons. The van der Waals surface area contributed by atoms with Gasteiger partial charge in [-0.1, -0.05) is 25.1 Å². The number of hydrogen-bond donors (Lipinski definition) is 2. The molecule has 0 heterocycles. The molecule has 2 rings (SSSR count). The zero-order chi connectivity index (χ0) is 18.2. The van der Waals surface area contributed by atoms with Crippen molar-refractivity contribution in [2.75, 3.05) is 17.6 Å². The first-order valence-electron chi connectivity index (χ1n) is 8.19. The minimum Gasteiger partial charge on any atom is -0.481 e. The van der Waals surface area contributed by atoms with Gasteiger partial charge in [0.05, 0.1) is 4.90 Å². The lowest BCUT2D eigenvalue weighted by Crippen LogP contribution is -2.01. The first-order chi connectivity index (χ1) is 12.0. The number of para-hydroxylation sites is 1. The Bertz CT molecular complexity index is 714. The molecule has 0 amide bonds. The van der Waals surface area contributed by atoms with E-state index >= 15 is 0 Å². The second-order valence-corrected chi connectivity index (χ2v) is 6.69. The van der Waals surface area contributed by atoms with Crippen molar-refractivity contribution in [2.24, 2.45) is 0 Å². The van der Waals surface area contributed by atoms with E-state index in [0.717, 1.165) is 36.0 Å². The van der Waals surface area contributed by atoms with Gasteiger partial charge in [0.1, 0.15) is 11.6 Å². The first kappa shape index (κ1) is 19.2. The van der Waals surface area contributed by atoms with E-state index in [4.69, 9.17) is 5.11 Å². The normalized spacial score (nSPS) is 10.7. The fourth-order valence-electron chi connectivity index (χ4n) is 2.40. The highest BCUT2D eigenvalue weighted by molar-refractivity contribution is 7.99. The van der Waals surface area contributed by atoms with Crippen molar-refractivity contribution >= 4 is 23.4 Å². The largest absolute Gasteiger partial charge is 0.481 e. The zero-order valence-electron chi connectivity index (χ0n) is 14.0. The number of carboxylic acids is 1. The van der Waals surface area contributed by atoms with Gasteiger partial charge in [-0.2, -0.15) is 0 Å². The molecule has 0 aliphatic rings. The van der Waals surface area contributed by atoms with E-state index in [1.807, 2.05) is 31.2 Å². The molecule has 0 saturated carbocycles. The minimum atomic E-state index is -0.909. The number of carbonyl (C=O) groups is 1. The van der Waals surface area contributed by atoms with Crippen LogP contribution in [-0.4, -0.2) is 23.4 Å². The van der Waals surface area contributed by atoms with Crippen LogP contribution < -0.4 is 5.32 Å². The molecule has 25 heavy (non-hydrogen) atoms. The maximum absolute atomic E-state index is 14.4. The molecule has 2 aromatic rings. The summed E-state index contributed by atoms with van der Waals surface area (Å²) in [6, 6.07) is 10.1. The third-order valence-electron chi connectivity index (χ3n) is 3.58. The van der Waals surface area contributed by atoms with Crippen LogP contribution in [0.4, 0.5) is 14.5 Å². The zero-order valence-corrected chi connectivity index (χ0v) is 14.8. The number of anilines is 1. The molecule has 6 heteroatoms. The van der Waals surface area contributed by atoms with E-state index in [1.165, 1.54) is 12.1 Å². The van der Waals surface area contributed by atoms with E-state index in [9.17, 15) is 13.6 Å². The van der Waals surface area contributed by atoms with Crippen LogP contribution in [0.15, 0.2) is 41.3 Å². The van der Waals surface area contributed by atoms with Gasteiger partial charge < -0.3 is 10.4 Å². The van der Waals surface area contributed by atoms with Crippen LogP contribution in [0.1, 0.15) is 26.2 Å². The highest BCUT2D eigenvalue weighted by Gasteiger charge is 2.14. The monoisotopic (exact) mass is 365 g/mol. The molecular weight excluding hydrogens is 344 g/mol. The van der Waals surface area contributed by atoms with Crippen LogP contribution in [-0.2, 0) is 4.79 Å². The Hall–Kier alpha value is -2.08. The predicted molar refractivity (Wildman–Crippen MR) is 98.2 cm³/mol. The number of benzene rings is 2. The van der Waals surface area contributed by atoms with Gasteiger partial charge in [-0.05, 0) is 42.4 Å². The minimum absolute atomic E-state index is 0.00913. The lowest BCUT2D eigenvalue weighted by molar-refractivity contribution is -0.137. The maximum atomic E-state index is 14.4. The van der Waals surface area contributed by atoms with Crippen LogP contribution in [0.25, 0.3) is 11.1 Å². The van der Waals surface area contributed by atoms with Crippen LogP contribution in [0, 0.1) is 11.6 Å². The van der Waals surface area contributed by atoms with Crippen molar-refractivity contribution in [2.45, 2.75) is 31.1 Å². The number of aliphatic carboxylic acids is 1. The van der Waals surface area contributed by atoms with Gasteiger partial charge in [0.15, 0.2) is 0 Å². The summed E-state index contributed by atoms with van der Waals surface area (Å²) >= 11 is 1.01. The summed E-state index contributed by atoms with van der Waals surface area (Å²) in [7, 11) is 0. The highest BCUT2D eigenvalue weighted by Crippen LogP contribution is 2.34. The van der Waals surface area contributed by atoms with Gasteiger partial charge >= 0.3 is 5.97 Å². The number of carboxylic acid groups (broad SMARTS) is 1. The topological polar surface area (TPSA) is 49.3 Å². The van der Waals surface area contributed by atoms with Crippen molar-refractivity contribution in [3.8, 4) is 11.1 Å². The van der Waals surface area contributed by atoms with Gasteiger partial charge in [0.25, 0.3) is 0 Å². The summed E-state index contributed by atoms with van der Waals surface area (Å²) in [6.45, 7) is 2.82. The summed E-state index contributed by atoms with van der Waals surface area (Å²) in [5.41, 5.74) is 2.06. The molecule has 0 fully saturated rings. The first-order valence-corrected chi connectivity index (χ1v) is 9.18. The summed E-state index contributed by atoms with van der Waals surface area (Å²) < 4.78 is 28.7. The fourth-order valence-corrected chi connectivity index (χ4v) is 3.29. The molecule has 2 aromatic carbocycles. The van der Waals surface area contributed by atoms with Crippen molar-refractivity contribution in [1.29, 1.82) is 0 Å². The van der Waals surface area contributed by atoms with Crippen molar-refractivity contribution in [3.05, 3.63) is 48.0 Å². The van der Waals surface area contributed by atoms with Crippen LogP contribution in [0.2, 0.25) is 0 Å². The molecule has 0 saturated heterocycles. The van der Waals surface area contributed by atoms with E-state index in [1.54, 1.807) is 0 Å². The molecule has 2 N–H and O–H groups in total. The van der Waals surface area contributed by atoms with E-state index in [0.29, 0.717) is 17.7 Å². The average molecular weight is 365 g/mol. The molecule has 0 unspecified atom stereocenters. The van der Waals surface area contributed by atoms with E-state index in [2.05, 4.69) is 5.32 Å². The van der Waals surface area contributed by atoms with E-state index in [-0.39, 0.29) is 11.3 Å². The Kier molecular flexibility index (Phi) is 7.25. The Morgan fingerprint density at radius 2 is 1.88 bits per heavy atom. The highest BCUT2D eigenvalue weighted by atomic mass is 32.2. The standard InChI is InChI=1S/C19H21F2NO2S/c1-2-9-22-17-7-4-3-6-14(17)13-11-15(20)19(16(21)12-13)25-10-5-8-18(23)24/h3-4,6-7,11-12,22H,2,5,8-10H2,1H3,(H,23,24). The van der Waals surface area contributed by atoms with Crippen molar-refractivity contribution in [3.63, 3.8) is 0 Å². The molecule has 0 aliphatic heterocycles. The summed E-state index contributed by atoms with van der Waals surface area (Å²) in [4.78, 5) is 10.4. The Morgan fingerprint density at radius 1 is 1.20 bits per heavy atom.